The van der Waals surface area contributed by atoms with Crippen LogP contribution in [-0.4, -0.2) is 47.7 Å². The number of esters is 1. The summed E-state index contributed by atoms with van der Waals surface area (Å²) in [6.45, 7) is 10.6. The average molecular weight is 475 g/mol. The van der Waals surface area contributed by atoms with Gasteiger partial charge in [-0.1, -0.05) is 20.8 Å². The highest BCUT2D eigenvalue weighted by molar-refractivity contribution is 5.90. The lowest BCUT2D eigenvalue weighted by Crippen LogP contribution is -2.46. The molecule has 0 heterocycles. The zero-order chi connectivity index (χ0) is 25.4. The third kappa shape index (κ3) is 10.6. The van der Waals surface area contributed by atoms with E-state index in [1.165, 1.54) is 4.90 Å². The normalized spacial score (nSPS) is 12.8. The third-order valence-corrected chi connectivity index (χ3v) is 4.21. The van der Waals surface area contributed by atoms with Crippen molar-refractivity contribution in [3.8, 4) is 0 Å². The Balaban J connectivity index is 2.91. The first-order valence-corrected chi connectivity index (χ1v) is 10.8. The molecule has 2 amide bonds. The quantitative estimate of drug-likeness (QED) is 0.494. The fraction of sp³-hybridized carbons (Fsp3) is 0.609. The first-order valence-electron chi connectivity index (χ1n) is 10.8. The SMILES string of the molecule is CCCN(CC(=O)OC(C)(C)C)C(=O)[C@H](CC(C)C)OC(=O)Nc1ccc(C(F)(F)F)cc1. The van der Waals surface area contributed by atoms with Crippen molar-refractivity contribution in [2.45, 2.75) is 72.3 Å². The molecule has 1 rings (SSSR count). The summed E-state index contributed by atoms with van der Waals surface area (Å²) in [7, 11) is 0. The summed E-state index contributed by atoms with van der Waals surface area (Å²) in [5.74, 6) is -1.14. The Bertz CT molecular complexity index is 802. The summed E-state index contributed by atoms with van der Waals surface area (Å²) in [6, 6.07) is 3.84. The number of alkyl halides is 3. The van der Waals surface area contributed by atoms with Gasteiger partial charge in [0, 0.05) is 12.2 Å². The predicted octanol–water partition coefficient (Wildman–Crippen LogP) is 5.25. The number of amides is 2. The smallest absolute Gasteiger partial charge is 0.416 e. The topological polar surface area (TPSA) is 84.9 Å². The van der Waals surface area contributed by atoms with Gasteiger partial charge in [-0.2, -0.15) is 13.2 Å². The fourth-order valence-electron chi connectivity index (χ4n) is 2.92. The molecule has 0 fully saturated rings. The van der Waals surface area contributed by atoms with Gasteiger partial charge in [0.1, 0.15) is 12.1 Å². The molecule has 0 aromatic heterocycles. The number of anilines is 1. The Hall–Kier alpha value is -2.78. The first-order chi connectivity index (χ1) is 15.1. The predicted molar refractivity (Wildman–Crippen MR) is 118 cm³/mol. The van der Waals surface area contributed by atoms with E-state index in [-0.39, 0.29) is 31.1 Å². The van der Waals surface area contributed by atoms with Crippen LogP contribution in [-0.2, 0) is 25.2 Å². The van der Waals surface area contributed by atoms with Crippen molar-refractivity contribution in [1.29, 1.82) is 0 Å². The van der Waals surface area contributed by atoms with E-state index in [1.807, 2.05) is 20.8 Å². The highest BCUT2D eigenvalue weighted by atomic mass is 19.4. The maximum Gasteiger partial charge on any atom is 0.416 e. The number of nitrogens with zero attached hydrogens (tertiary/aromatic N) is 1. The largest absolute Gasteiger partial charge is 0.459 e. The molecule has 0 bridgehead atoms. The number of hydrogen-bond acceptors (Lipinski definition) is 5. The summed E-state index contributed by atoms with van der Waals surface area (Å²) < 4.78 is 48.7. The zero-order valence-electron chi connectivity index (χ0n) is 19.9. The van der Waals surface area contributed by atoms with Crippen LogP contribution in [0.15, 0.2) is 24.3 Å². The number of nitrogens with one attached hydrogen (secondary N) is 1. The van der Waals surface area contributed by atoms with Crippen molar-refractivity contribution in [3.63, 3.8) is 0 Å². The molecule has 0 saturated carbocycles. The van der Waals surface area contributed by atoms with Crippen molar-refractivity contribution in [3.05, 3.63) is 29.8 Å². The molecule has 1 N–H and O–H groups in total. The number of halogens is 3. The molecule has 1 aromatic rings. The molecule has 33 heavy (non-hydrogen) atoms. The van der Waals surface area contributed by atoms with Gasteiger partial charge in [0.2, 0.25) is 0 Å². The summed E-state index contributed by atoms with van der Waals surface area (Å²) in [6.07, 6.45) is -5.88. The fourth-order valence-corrected chi connectivity index (χ4v) is 2.92. The average Bonchev–Trinajstić information content (AvgIpc) is 2.64. The zero-order valence-corrected chi connectivity index (χ0v) is 19.9. The van der Waals surface area contributed by atoms with Crippen LogP contribution < -0.4 is 5.32 Å². The molecule has 0 spiro atoms. The maximum atomic E-state index is 13.1. The van der Waals surface area contributed by atoms with Crippen molar-refractivity contribution in [1.82, 2.24) is 4.90 Å². The summed E-state index contributed by atoms with van der Waals surface area (Å²) in [4.78, 5) is 39.0. The van der Waals surface area contributed by atoms with Crippen molar-refractivity contribution >= 4 is 23.7 Å². The van der Waals surface area contributed by atoms with E-state index in [1.54, 1.807) is 20.8 Å². The molecular formula is C23H33F3N2O5. The Kier molecular flexibility index (Phi) is 10.2. The summed E-state index contributed by atoms with van der Waals surface area (Å²) in [5.41, 5.74) is -1.48. The van der Waals surface area contributed by atoms with Gasteiger partial charge in [0.25, 0.3) is 5.91 Å². The van der Waals surface area contributed by atoms with Crippen LogP contribution in [0, 0.1) is 5.92 Å². The van der Waals surface area contributed by atoms with Crippen LogP contribution in [0.1, 0.15) is 59.9 Å². The standard InChI is InChI=1S/C23H33F3N2O5/c1-7-12-28(14-19(29)33-22(4,5)6)20(30)18(13-15(2)3)32-21(31)27-17-10-8-16(9-11-17)23(24,25)26/h8-11,15,18H,7,12-14H2,1-6H3,(H,27,31)/t18-/m0/s1. The van der Waals surface area contributed by atoms with Crippen LogP contribution in [0.4, 0.5) is 23.7 Å². The van der Waals surface area contributed by atoms with E-state index < -0.39 is 41.4 Å². The van der Waals surface area contributed by atoms with Gasteiger partial charge >= 0.3 is 18.2 Å². The Morgan fingerprint density at radius 2 is 1.64 bits per heavy atom. The molecule has 1 atom stereocenters. The number of ether oxygens (including phenoxy) is 2. The lowest BCUT2D eigenvalue weighted by Gasteiger charge is -2.28. The molecule has 1 aromatic carbocycles. The van der Waals surface area contributed by atoms with Crippen molar-refractivity contribution in [2.24, 2.45) is 5.92 Å². The van der Waals surface area contributed by atoms with E-state index in [4.69, 9.17) is 9.47 Å². The van der Waals surface area contributed by atoms with Gasteiger partial charge in [-0.25, -0.2) is 4.79 Å². The van der Waals surface area contributed by atoms with Gasteiger partial charge in [-0.15, -0.1) is 0 Å². The first kappa shape index (κ1) is 28.3. The molecule has 0 radical (unpaired) electrons. The molecule has 186 valence electrons. The maximum absolute atomic E-state index is 13.1. The van der Waals surface area contributed by atoms with Gasteiger partial charge in [-0.05, 0) is 63.8 Å². The van der Waals surface area contributed by atoms with E-state index in [2.05, 4.69) is 5.32 Å². The van der Waals surface area contributed by atoms with Gasteiger partial charge < -0.3 is 14.4 Å². The molecule has 0 aliphatic carbocycles. The van der Waals surface area contributed by atoms with Gasteiger partial charge in [0.15, 0.2) is 6.10 Å². The lowest BCUT2D eigenvalue weighted by molar-refractivity contribution is -0.160. The van der Waals surface area contributed by atoms with Crippen LogP contribution in [0.2, 0.25) is 0 Å². The minimum atomic E-state index is -4.50. The Labute approximate surface area is 192 Å². The van der Waals surface area contributed by atoms with Gasteiger partial charge in [0.05, 0.1) is 5.56 Å². The Morgan fingerprint density at radius 1 is 1.06 bits per heavy atom. The van der Waals surface area contributed by atoms with Crippen LogP contribution >= 0.6 is 0 Å². The number of rotatable bonds is 9. The van der Waals surface area contributed by atoms with Gasteiger partial charge in [-0.3, -0.25) is 14.9 Å². The molecule has 0 aliphatic rings. The summed E-state index contributed by atoms with van der Waals surface area (Å²) >= 11 is 0. The number of benzene rings is 1. The van der Waals surface area contributed by atoms with E-state index in [0.29, 0.717) is 6.42 Å². The molecule has 0 saturated heterocycles. The monoisotopic (exact) mass is 474 g/mol. The molecule has 7 nitrogen and oxygen atoms in total. The lowest BCUT2D eigenvalue weighted by atomic mass is 10.0. The minimum absolute atomic E-state index is 0.0113. The second kappa shape index (κ2) is 11.9. The van der Waals surface area contributed by atoms with Crippen molar-refractivity contribution in [2.75, 3.05) is 18.4 Å². The van der Waals surface area contributed by atoms with Crippen LogP contribution in [0.25, 0.3) is 0 Å². The van der Waals surface area contributed by atoms with Crippen LogP contribution in [0.5, 0.6) is 0 Å². The minimum Gasteiger partial charge on any atom is -0.459 e. The van der Waals surface area contributed by atoms with Crippen LogP contribution in [0.3, 0.4) is 0 Å². The number of carbonyl (C=O) groups excluding carboxylic acids is 3. The highest BCUT2D eigenvalue weighted by Gasteiger charge is 2.32. The number of hydrogen-bond donors (Lipinski definition) is 1. The summed E-state index contributed by atoms with van der Waals surface area (Å²) in [5, 5.41) is 2.33. The third-order valence-electron chi connectivity index (χ3n) is 4.21. The Morgan fingerprint density at radius 3 is 2.09 bits per heavy atom. The number of carbonyl (C=O) groups is 3. The molecule has 0 unspecified atom stereocenters. The second-order valence-corrected chi connectivity index (χ2v) is 9.07. The molecule has 10 heteroatoms. The molecule has 0 aliphatic heterocycles. The second-order valence-electron chi connectivity index (χ2n) is 9.07. The van der Waals surface area contributed by atoms with Crippen molar-refractivity contribution < 1.29 is 37.0 Å². The van der Waals surface area contributed by atoms with E-state index >= 15 is 0 Å². The highest BCUT2D eigenvalue weighted by Crippen LogP contribution is 2.29. The van der Waals surface area contributed by atoms with E-state index in [9.17, 15) is 27.6 Å². The van der Waals surface area contributed by atoms with E-state index in [0.717, 1.165) is 24.3 Å². The molecular weight excluding hydrogens is 441 g/mol.